The summed E-state index contributed by atoms with van der Waals surface area (Å²) < 4.78 is 4.01. The van der Waals surface area contributed by atoms with Gasteiger partial charge < -0.3 is 5.73 Å². The summed E-state index contributed by atoms with van der Waals surface area (Å²) >= 11 is 5.41. The Morgan fingerprint density at radius 2 is 1.80 bits per heavy atom. The van der Waals surface area contributed by atoms with Crippen molar-refractivity contribution >= 4 is 18.0 Å². The molecule has 0 aliphatic carbocycles. The smallest absolute Gasteiger partial charge is 0.202 e. The van der Waals surface area contributed by atoms with Gasteiger partial charge in [-0.3, -0.25) is 4.57 Å². The first-order chi connectivity index (χ1) is 9.68. The molecule has 100 valence electrons. The van der Waals surface area contributed by atoms with E-state index in [1.54, 1.807) is 24.1 Å². The van der Waals surface area contributed by atoms with E-state index in [9.17, 15) is 0 Å². The van der Waals surface area contributed by atoms with Crippen LogP contribution in [0.4, 0.5) is 5.82 Å². The second-order valence-electron chi connectivity index (χ2n) is 4.19. The highest BCUT2D eigenvalue weighted by Gasteiger charge is 2.16. The van der Waals surface area contributed by atoms with E-state index < -0.39 is 0 Å². The van der Waals surface area contributed by atoms with E-state index in [1.807, 2.05) is 34.9 Å². The second-order valence-corrected chi connectivity index (χ2v) is 4.56. The number of aromatic nitrogens is 5. The van der Waals surface area contributed by atoms with Crippen molar-refractivity contribution in [2.24, 2.45) is 7.05 Å². The average molecular weight is 284 g/mol. The third-order valence-electron chi connectivity index (χ3n) is 2.88. The molecular weight excluding hydrogens is 272 g/mol. The SMILES string of the molecule is Cn1nc(-c2nccnc2N)n(-c2ccccc2)c1=S. The minimum Gasteiger partial charge on any atom is -0.382 e. The number of aryl methyl sites for hydroxylation is 1. The van der Waals surface area contributed by atoms with Crippen LogP contribution < -0.4 is 5.73 Å². The normalized spacial score (nSPS) is 10.7. The highest BCUT2D eigenvalue weighted by atomic mass is 32.1. The quantitative estimate of drug-likeness (QED) is 0.728. The fourth-order valence-corrected chi connectivity index (χ4v) is 2.18. The molecule has 2 N–H and O–H groups in total. The van der Waals surface area contributed by atoms with Gasteiger partial charge in [0.15, 0.2) is 17.3 Å². The van der Waals surface area contributed by atoms with Crippen LogP contribution in [0.2, 0.25) is 0 Å². The molecule has 0 bridgehead atoms. The van der Waals surface area contributed by atoms with Crippen LogP contribution in [-0.4, -0.2) is 24.3 Å². The van der Waals surface area contributed by atoms with E-state index in [0.717, 1.165) is 5.69 Å². The van der Waals surface area contributed by atoms with Gasteiger partial charge in [0.1, 0.15) is 0 Å². The second kappa shape index (κ2) is 4.86. The Labute approximate surface area is 120 Å². The Balaban J connectivity index is 2.31. The Morgan fingerprint density at radius 1 is 1.10 bits per heavy atom. The molecule has 0 fully saturated rings. The highest BCUT2D eigenvalue weighted by Crippen LogP contribution is 2.23. The highest BCUT2D eigenvalue weighted by molar-refractivity contribution is 7.71. The number of rotatable bonds is 2. The summed E-state index contributed by atoms with van der Waals surface area (Å²) in [4.78, 5) is 8.31. The van der Waals surface area contributed by atoms with E-state index in [4.69, 9.17) is 18.0 Å². The molecule has 3 aromatic rings. The molecule has 0 saturated heterocycles. The zero-order valence-electron chi connectivity index (χ0n) is 10.8. The topological polar surface area (TPSA) is 74.6 Å². The standard InChI is InChI=1S/C13H12N6S/c1-18-13(20)19(9-5-3-2-4-6-9)12(17-18)10-11(14)16-8-7-15-10/h2-8H,1H3,(H2,14,16). The van der Waals surface area contributed by atoms with Crippen LogP contribution >= 0.6 is 12.2 Å². The van der Waals surface area contributed by atoms with Crippen LogP contribution in [0.15, 0.2) is 42.7 Å². The lowest BCUT2D eigenvalue weighted by Gasteiger charge is -2.06. The molecule has 0 spiro atoms. The van der Waals surface area contributed by atoms with E-state index in [-0.39, 0.29) is 0 Å². The molecule has 0 saturated carbocycles. The van der Waals surface area contributed by atoms with Crippen LogP contribution in [0.25, 0.3) is 17.2 Å². The van der Waals surface area contributed by atoms with E-state index in [2.05, 4.69) is 15.1 Å². The van der Waals surface area contributed by atoms with Crippen molar-refractivity contribution in [1.29, 1.82) is 0 Å². The Hall–Kier alpha value is -2.54. The lowest BCUT2D eigenvalue weighted by Crippen LogP contribution is -2.02. The third-order valence-corrected chi connectivity index (χ3v) is 3.32. The van der Waals surface area contributed by atoms with Gasteiger partial charge in [0.05, 0.1) is 5.69 Å². The summed E-state index contributed by atoms with van der Waals surface area (Å²) in [6, 6.07) is 9.72. The van der Waals surface area contributed by atoms with Crippen molar-refractivity contribution in [3.8, 4) is 17.2 Å². The van der Waals surface area contributed by atoms with E-state index in [0.29, 0.717) is 22.1 Å². The Bertz CT molecular complexity index is 805. The molecule has 1 aromatic carbocycles. The predicted octanol–water partition coefficient (Wildman–Crippen LogP) is 1.98. The fourth-order valence-electron chi connectivity index (χ4n) is 1.95. The largest absolute Gasteiger partial charge is 0.382 e. The lowest BCUT2D eigenvalue weighted by molar-refractivity contribution is 0.750. The Morgan fingerprint density at radius 3 is 2.50 bits per heavy atom. The maximum absolute atomic E-state index is 5.89. The summed E-state index contributed by atoms with van der Waals surface area (Å²) in [5.41, 5.74) is 7.31. The van der Waals surface area contributed by atoms with Crippen molar-refractivity contribution < 1.29 is 0 Å². The molecule has 2 aromatic heterocycles. The molecule has 2 heterocycles. The first kappa shape index (κ1) is 12.5. The number of nitrogen functional groups attached to an aromatic ring is 1. The number of benzene rings is 1. The van der Waals surface area contributed by atoms with Gasteiger partial charge in [-0.2, -0.15) is 0 Å². The van der Waals surface area contributed by atoms with Gasteiger partial charge >= 0.3 is 0 Å². The lowest BCUT2D eigenvalue weighted by atomic mass is 10.3. The molecule has 7 heteroatoms. The van der Waals surface area contributed by atoms with Gasteiger partial charge in [-0.15, -0.1) is 5.10 Å². The average Bonchev–Trinajstić information content (AvgIpc) is 2.76. The molecule has 0 amide bonds. The first-order valence-electron chi connectivity index (χ1n) is 5.97. The fraction of sp³-hybridized carbons (Fsp3) is 0.0769. The number of nitrogens with two attached hydrogens (primary N) is 1. The molecule has 0 atom stereocenters. The maximum atomic E-state index is 5.89. The van der Waals surface area contributed by atoms with Crippen molar-refractivity contribution in [1.82, 2.24) is 24.3 Å². The predicted molar refractivity (Wildman–Crippen MR) is 78.8 cm³/mol. The van der Waals surface area contributed by atoms with Gasteiger partial charge in [-0.1, -0.05) is 18.2 Å². The number of anilines is 1. The van der Waals surface area contributed by atoms with E-state index in [1.165, 1.54) is 0 Å². The molecular formula is C13H12N6S. The molecule has 3 rings (SSSR count). The minimum atomic E-state index is 0.324. The summed E-state index contributed by atoms with van der Waals surface area (Å²) in [7, 11) is 1.79. The number of hydrogen-bond donors (Lipinski definition) is 1. The molecule has 0 unspecified atom stereocenters. The van der Waals surface area contributed by atoms with Gasteiger partial charge in [0.25, 0.3) is 0 Å². The van der Waals surface area contributed by atoms with Crippen LogP contribution in [-0.2, 0) is 7.05 Å². The molecule has 0 radical (unpaired) electrons. The Kier molecular flexibility index (Phi) is 3.03. The minimum absolute atomic E-state index is 0.324. The van der Waals surface area contributed by atoms with Gasteiger partial charge in [-0.05, 0) is 24.4 Å². The first-order valence-corrected chi connectivity index (χ1v) is 6.37. The van der Waals surface area contributed by atoms with Crippen molar-refractivity contribution in [2.45, 2.75) is 0 Å². The van der Waals surface area contributed by atoms with Gasteiger partial charge in [0.2, 0.25) is 4.77 Å². The van der Waals surface area contributed by atoms with Crippen molar-refractivity contribution in [3.05, 3.63) is 47.5 Å². The molecule has 20 heavy (non-hydrogen) atoms. The zero-order chi connectivity index (χ0) is 14.1. The van der Waals surface area contributed by atoms with E-state index >= 15 is 0 Å². The summed E-state index contributed by atoms with van der Waals surface area (Å²) in [6.07, 6.45) is 3.13. The van der Waals surface area contributed by atoms with Gasteiger partial charge in [-0.25, -0.2) is 14.6 Å². The van der Waals surface area contributed by atoms with Crippen LogP contribution in [0.5, 0.6) is 0 Å². The molecule has 0 aliphatic heterocycles. The summed E-state index contributed by atoms with van der Waals surface area (Å²) in [6.45, 7) is 0. The number of para-hydroxylation sites is 1. The summed E-state index contributed by atoms with van der Waals surface area (Å²) in [5.74, 6) is 0.902. The maximum Gasteiger partial charge on any atom is 0.202 e. The monoisotopic (exact) mass is 284 g/mol. The van der Waals surface area contributed by atoms with Gasteiger partial charge in [0, 0.05) is 19.4 Å². The molecule has 0 aliphatic rings. The molecule has 6 nitrogen and oxygen atoms in total. The number of nitrogens with zero attached hydrogens (tertiary/aromatic N) is 5. The zero-order valence-corrected chi connectivity index (χ0v) is 11.6. The number of hydrogen-bond acceptors (Lipinski definition) is 5. The summed E-state index contributed by atoms with van der Waals surface area (Å²) in [5, 5.41) is 4.41. The van der Waals surface area contributed by atoms with Crippen LogP contribution in [0, 0.1) is 4.77 Å². The van der Waals surface area contributed by atoms with Crippen molar-refractivity contribution in [3.63, 3.8) is 0 Å². The van der Waals surface area contributed by atoms with Crippen LogP contribution in [0.3, 0.4) is 0 Å². The van der Waals surface area contributed by atoms with Crippen molar-refractivity contribution in [2.75, 3.05) is 5.73 Å². The third kappa shape index (κ3) is 1.97. The van der Waals surface area contributed by atoms with Crippen LogP contribution in [0.1, 0.15) is 0 Å².